The standard InChI is InChI=1S/C23H19ClN4O3S/c24-18-3-6-21(22(25)12-18)16-9-15(14-1-4-20(5-2-14)32(26,30)31)10-17(11-16)23(29)28-19-7-8-27-13-19/h1-13,27H,25H2,(H,28,29)(H2,26,30,31). The van der Waals surface area contributed by atoms with Crippen LogP contribution in [0.15, 0.2) is 84.0 Å². The van der Waals surface area contributed by atoms with E-state index in [2.05, 4.69) is 10.3 Å². The number of primary sulfonamides is 1. The molecule has 0 radical (unpaired) electrons. The predicted octanol–water partition coefficient (Wildman–Crippen LogP) is 4.48. The third kappa shape index (κ3) is 4.67. The van der Waals surface area contributed by atoms with E-state index in [1.807, 2.05) is 6.07 Å². The summed E-state index contributed by atoms with van der Waals surface area (Å²) in [6, 6.07) is 18.4. The molecule has 0 aliphatic heterocycles. The maximum atomic E-state index is 12.9. The minimum Gasteiger partial charge on any atom is -0.398 e. The number of carbonyl (C=O) groups is 1. The summed E-state index contributed by atoms with van der Waals surface area (Å²) in [4.78, 5) is 15.8. The molecule has 0 saturated heterocycles. The van der Waals surface area contributed by atoms with Gasteiger partial charge in [0.05, 0.1) is 10.6 Å². The Morgan fingerprint density at radius 1 is 0.906 bits per heavy atom. The molecule has 0 fully saturated rings. The Hall–Kier alpha value is -3.59. The summed E-state index contributed by atoms with van der Waals surface area (Å²) in [5.41, 5.74) is 10.5. The van der Waals surface area contributed by atoms with Gasteiger partial charge in [0.1, 0.15) is 0 Å². The molecule has 0 aliphatic carbocycles. The number of anilines is 2. The van der Waals surface area contributed by atoms with Gasteiger partial charge in [-0.2, -0.15) is 0 Å². The number of H-pyrrole nitrogens is 1. The highest BCUT2D eigenvalue weighted by atomic mass is 35.5. The maximum absolute atomic E-state index is 12.9. The van der Waals surface area contributed by atoms with Crippen LogP contribution in [0.5, 0.6) is 0 Å². The summed E-state index contributed by atoms with van der Waals surface area (Å²) < 4.78 is 23.2. The van der Waals surface area contributed by atoms with Crippen LogP contribution in [0, 0.1) is 0 Å². The number of hydrogen-bond acceptors (Lipinski definition) is 4. The average Bonchev–Trinajstić information content (AvgIpc) is 3.26. The van der Waals surface area contributed by atoms with Gasteiger partial charge in [0.2, 0.25) is 10.0 Å². The van der Waals surface area contributed by atoms with Crippen LogP contribution in [0.2, 0.25) is 5.02 Å². The number of nitrogens with two attached hydrogens (primary N) is 2. The number of nitrogens with one attached hydrogen (secondary N) is 2. The Labute approximate surface area is 190 Å². The lowest BCUT2D eigenvalue weighted by molar-refractivity contribution is 0.102. The molecule has 6 N–H and O–H groups in total. The molecule has 1 heterocycles. The molecule has 0 bridgehead atoms. The zero-order valence-corrected chi connectivity index (χ0v) is 18.2. The number of hydrogen-bond donors (Lipinski definition) is 4. The quantitative estimate of drug-likeness (QED) is 0.323. The summed E-state index contributed by atoms with van der Waals surface area (Å²) in [6.45, 7) is 0. The number of sulfonamides is 1. The van der Waals surface area contributed by atoms with E-state index >= 15 is 0 Å². The summed E-state index contributed by atoms with van der Waals surface area (Å²) >= 11 is 6.04. The fourth-order valence-electron chi connectivity index (χ4n) is 3.32. The first kappa shape index (κ1) is 21.6. The number of aromatic nitrogens is 1. The number of halogens is 1. The van der Waals surface area contributed by atoms with Crippen molar-refractivity contribution in [3.63, 3.8) is 0 Å². The van der Waals surface area contributed by atoms with Gasteiger partial charge in [0, 0.05) is 34.2 Å². The smallest absolute Gasteiger partial charge is 0.255 e. The second-order valence-corrected chi connectivity index (χ2v) is 9.15. The fraction of sp³-hybridized carbons (Fsp3) is 0. The molecule has 9 heteroatoms. The van der Waals surface area contributed by atoms with E-state index in [1.54, 1.807) is 60.9 Å². The zero-order valence-electron chi connectivity index (χ0n) is 16.7. The van der Waals surface area contributed by atoms with Gasteiger partial charge in [-0.3, -0.25) is 4.79 Å². The monoisotopic (exact) mass is 466 g/mol. The Balaban J connectivity index is 1.82. The van der Waals surface area contributed by atoms with Crippen molar-refractivity contribution in [1.29, 1.82) is 0 Å². The molecule has 0 spiro atoms. The van der Waals surface area contributed by atoms with Crippen LogP contribution >= 0.6 is 11.6 Å². The minimum absolute atomic E-state index is 0.00442. The highest BCUT2D eigenvalue weighted by molar-refractivity contribution is 7.89. The van der Waals surface area contributed by atoms with Gasteiger partial charge in [0.25, 0.3) is 5.91 Å². The van der Waals surface area contributed by atoms with Crippen LogP contribution in [0.25, 0.3) is 22.3 Å². The van der Waals surface area contributed by atoms with E-state index in [1.165, 1.54) is 12.1 Å². The zero-order chi connectivity index (χ0) is 22.9. The molecule has 0 atom stereocenters. The molecule has 1 aromatic heterocycles. The van der Waals surface area contributed by atoms with E-state index < -0.39 is 10.0 Å². The third-order valence-corrected chi connectivity index (χ3v) is 6.06. The number of carbonyl (C=O) groups excluding carboxylic acids is 1. The van der Waals surface area contributed by atoms with Crippen molar-refractivity contribution in [3.8, 4) is 22.3 Å². The summed E-state index contributed by atoms with van der Waals surface area (Å²) in [5, 5.41) is 8.53. The molecule has 162 valence electrons. The Morgan fingerprint density at radius 2 is 1.62 bits per heavy atom. The lowest BCUT2D eigenvalue weighted by Gasteiger charge is -2.13. The molecule has 4 rings (SSSR count). The normalized spacial score (nSPS) is 11.3. The van der Waals surface area contributed by atoms with Crippen molar-refractivity contribution < 1.29 is 13.2 Å². The van der Waals surface area contributed by atoms with Gasteiger partial charge >= 0.3 is 0 Å². The topological polar surface area (TPSA) is 131 Å². The third-order valence-electron chi connectivity index (χ3n) is 4.89. The van der Waals surface area contributed by atoms with Gasteiger partial charge in [-0.05, 0) is 65.2 Å². The van der Waals surface area contributed by atoms with Crippen LogP contribution in [-0.4, -0.2) is 19.3 Å². The van der Waals surface area contributed by atoms with Crippen LogP contribution in [0.1, 0.15) is 10.4 Å². The lowest BCUT2D eigenvalue weighted by Crippen LogP contribution is -2.12. The predicted molar refractivity (Wildman–Crippen MR) is 127 cm³/mol. The maximum Gasteiger partial charge on any atom is 0.255 e. The minimum atomic E-state index is -3.81. The Kier molecular flexibility index (Phi) is 5.75. The first-order valence-corrected chi connectivity index (χ1v) is 11.4. The van der Waals surface area contributed by atoms with E-state index in [9.17, 15) is 13.2 Å². The van der Waals surface area contributed by atoms with E-state index in [0.717, 1.165) is 0 Å². The average molecular weight is 467 g/mol. The second kappa shape index (κ2) is 8.51. The van der Waals surface area contributed by atoms with Crippen molar-refractivity contribution in [2.24, 2.45) is 5.14 Å². The summed E-state index contributed by atoms with van der Waals surface area (Å²) in [5.74, 6) is -0.304. The van der Waals surface area contributed by atoms with Gasteiger partial charge in [-0.15, -0.1) is 0 Å². The summed E-state index contributed by atoms with van der Waals surface area (Å²) in [6.07, 6.45) is 3.38. The van der Waals surface area contributed by atoms with Gasteiger partial charge < -0.3 is 16.0 Å². The molecule has 4 aromatic rings. The van der Waals surface area contributed by atoms with Gasteiger partial charge in [-0.25, -0.2) is 13.6 Å². The largest absolute Gasteiger partial charge is 0.398 e. The number of aromatic amines is 1. The highest BCUT2D eigenvalue weighted by Gasteiger charge is 2.14. The molecule has 0 saturated carbocycles. The number of amides is 1. The first-order chi connectivity index (χ1) is 15.2. The Bertz CT molecular complexity index is 1400. The van der Waals surface area contributed by atoms with Crippen LogP contribution in [-0.2, 0) is 10.0 Å². The van der Waals surface area contributed by atoms with Gasteiger partial charge in [0.15, 0.2) is 0 Å². The molecule has 32 heavy (non-hydrogen) atoms. The van der Waals surface area contributed by atoms with Crippen molar-refractivity contribution in [3.05, 3.63) is 89.7 Å². The number of benzene rings is 3. The van der Waals surface area contributed by atoms with Gasteiger partial charge in [-0.1, -0.05) is 29.8 Å². The van der Waals surface area contributed by atoms with Crippen molar-refractivity contribution in [2.45, 2.75) is 4.90 Å². The van der Waals surface area contributed by atoms with Crippen molar-refractivity contribution in [1.82, 2.24) is 4.98 Å². The van der Waals surface area contributed by atoms with E-state index in [-0.39, 0.29) is 10.8 Å². The molecular formula is C23H19ClN4O3S. The van der Waals surface area contributed by atoms with Crippen LogP contribution in [0.4, 0.5) is 11.4 Å². The van der Waals surface area contributed by atoms with Crippen LogP contribution < -0.4 is 16.2 Å². The molecular weight excluding hydrogens is 448 g/mol. The SMILES string of the molecule is Nc1cc(Cl)ccc1-c1cc(C(=O)Nc2cc[nH]c2)cc(-c2ccc(S(N)(=O)=O)cc2)c1. The van der Waals surface area contributed by atoms with Crippen molar-refractivity contribution >= 4 is 38.9 Å². The Morgan fingerprint density at radius 3 is 2.25 bits per heavy atom. The molecule has 7 nitrogen and oxygen atoms in total. The van der Waals surface area contributed by atoms with Crippen LogP contribution in [0.3, 0.4) is 0 Å². The molecule has 0 aliphatic rings. The fourth-order valence-corrected chi connectivity index (χ4v) is 4.02. The van der Waals surface area contributed by atoms with Crippen molar-refractivity contribution in [2.75, 3.05) is 11.1 Å². The summed E-state index contributed by atoms with van der Waals surface area (Å²) in [7, 11) is -3.81. The molecule has 1 amide bonds. The highest BCUT2D eigenvalue weighted by Crippen LogP contribution is 2.33. The second-order valence-electron chi connectivity index (χ2n) is 7.15. The first-order valence-electron chi connectivity index (χ1n) is 9.48. The van der Waals surface area contributed by atoms with E-state index in [0.29, 0.717) is 44.2 Å². The number of rotatable bonds is 5. The van der Waals surface area contributed by atoms with E-state index in [4.69, 9.17) is 22.5 Å². The number of nitrogen functional groups attached to an aromatic ring is 1. The molecule has 0 unspecified atom stereocenters. The molecule has 3 aromatic carbocycles. The lowest BCUT2D eigenvalue weighted by atomic mass is 9.95.